The van der Waals surface area contributed by atoms with E-state index in [1.165, 1.54) is 5.56 Å². The first-order valence-corrected chi connectivity index (χ1v) is 8.69. The maximum Gasteiger partial charge on any atom is 0.124 e. The van der Waals surface area contributed by atoms with Gasteiger partial charge in [-0.1, -0.05) is 15.9 Å². The van der Waals surface area contributed by atoms with Crippen LogP contribution in [0.1, 0.15) is 28.3 Å². The zero-order valence-corrected chi connectivity index (χ0v) is 15.3. The Labute approximate surface area is 139 Å². The van der Waals surface area contributed by atoms with Crippen molar-refractivity contribution in [3.05, 3.63) is 48.5 Å². The number of rotatable bonds is 4. The molecule has 2 aromatic rings. The monoisotopic (exact) mass is 422 g/mol. The van der Waals surface area contributed by atoms with Crippen LogP contribution in [0, 0.1) is 6.92 Å². The van der Waals surface area contributed by atoms with Gasteiger partial charge in [0.2, 0.25) is 0 Å². The van der Waals surface area contributed by atoms with E-state index in [1.807, 2.05) is 25.1 Å². The molecule has 0 spiro atoms. The standard InChI is InChI=1S/C14H13Br2ClOS/c1-3-18-11-5-4-9(15)7-10(11)13(17)12-6-8(2)14(16)19-12/h4-7,13H,3H2,1-2H3. The van der Waals surface area contributed by atoms with E-state index in [-0.39, 0.29) is 5.38 Å². The molecule has 0 N–H and O–H groups in total. The molecule has 0 aliphatic carbocycles. The van der Waals surface area contributed by atoms with Gasteiger partial charge >= 0.3 is 0 Å². The summed E-state index contributed by atoms with van der Waals surface area (Å²) < 4.78 is 7.79. The topological polar surface area (TPSA) is 9.23 Å². The Hall–Kier alpha value is -0.0300. The average Bonchev–Trinajstić information content (AvgIpc) is 2.71. The Morgan fingerprint density at radius 2 is 2.05 bits per heavy atom. The second-order valence-corrected chi connectivity index (χ2v) is 7.84. The lowest BCUT2D eigenvalue weighted by molar-refractivity contribution is 0.337. The van der Waals surface area contributed by atoms with Crippen molar-refractivity contribution in [3.8, 4) is 5.75 Å². The fraction of sp³-hybridized carbons (Fsp3) is 0.286. The molecule has 0 saturated heterocycles. The third kappa shape index (κ3) is 3.54. The minimum absolute atomic E-state index is 0.200. The van der Waals surface area contributed by atoms with Crippen LogP contribution in [0.5, 0.6) is 5.75 Å². The van der Waals surface area contributed by atoms with Crippen molar-refractivity contribution in [2.45, 2.75) is 19.2 Å². The molecule has 0 saturated carbocycles. The molecule has 1 aromatic carbocycles. The Morgan fingerprint density at radius 3 is 2.63 bits per heavy atom. The molecule has 0 amide bonds. The lowest BCUT2D eigenvalue weighted by Gasteiger charge is -2.14. The molecule has 0 aliphatic rings. The third-order valence-electron chi connectivity index (χ3n) is 2.67. The van der Waals surface area contributed by atoms with Crippen molar-refractivity contribution < 1.29 is 4.74 Å². The van der Waals surface area contributed by atoms with Gasteiger partial charge in [-0.15, -0.1) is 22.9 Å². The van der Waals surface area contributed by atoms with Gasteiger partial charge in [-0.05, 0) is 59.6 Å². The molecule has 1 atom stereocenters. The molecule has 2 rings (SSSR count). The number of halogens is 3. The molecule has 5 heteroatoms. The zero-order valence-electron chi connectivity index (χ0n) is 10.5. The molecular formula is C14H13Br2ClOS. The Kier molecular flexibility index (Phi) is 5.35. The summed E-state index contributed by atoms with van der Waals surface area (Å²) in [4.78, 5) is 1.12. The molecule has 1 nitrogen and oxygen atoms in total. The van der Waals surface area contributed by atoms with Gasteiger partial charge < -0.3 is 4.74 Å². The first-order chi connectivity index (χ1) is 9.02. The SMILES string of the molecule is CCOc1ccc(Br)cc1C(Cl)c1cc(C)c(Br)s1. The average molecular weight is 425 g/mol. The van der Waals surface area contributed by atoms with E-state index in [4.69, 9.17) is 16.3 Å². The fourth-order valence-corrected chi connectivity index (χ4v) is 4.08. The van der Waals surface area contributed by atoms with Crippen LogP contribution in [0.3, 0.4) is 0 Å². The number of ether oxygens (including phenoxy) is 1. The van der Waals surface area contributed by atoms with Crippen molar-refractivity contribution in [3.63, 3.8) is 0 Å². The van der Waals surface area contributed by atoms with E-state index in [0.29, 0.717) is 6.61 Å². The van der Waals surface area contributed by atoms with E-state index in [0.717, 1.165) is 24.4 Å². The van der Waals surface area contributed by atoms with Crippen LogP contribution in [0.15, 0.2) is 32.5 Å². The van der Waals surface area contributed by atoms with Crippen molar-refractivity contribution in [1.82, 2.24) is 0 Å². The summed E-state index contributed by atoms with van der Waals surface area (Å²) >= 11 is 15.3. The van der Waals surface area contributed by atoms with Crippen LogP contribution in [-0.2, 0) is 0 Å². The number of alkyl halides is 1. The summed E-state index contributed by atoms with van der Waals surface area (Å²) in [5, 5.41) is -0.200. The molecule has 102 valence electrons. The molecule has 1 heterocycles. The molecule has 19 heavy (non-hydrogen) atoms. The fourth-order valence-electron chi connectivity index (χ4n) is 1.77. The zero-order chi connectivity index (χ0) is 14.0. The van der Waals surface area contributed by atoms with Crippen LogP contribution in [0.4, 0.5) is 0 Å². The lowest BCUT2D eigenvalue weighted by Crippen LogP contribution is -1.99. The van der Waals surface area contributed by atoms with Gasteiger partial charge in [-0.3, -0.25) is 0 Å². The van der Waals surface area contributed by atoms with Crippen molar-refractivity contribution in [1.29, 1.82) is 0 Å². The normalized spacial score (nSPS) is 12.5. The highest BCUT2D eigenvalue weighted by Crippen LogP contribution is 2.41. The smallest absolute Gasteiger partial charge is 0.124 e. The van der Waals surface area contributed by atoms with E-state index in [1.54, 1.807) is 11.3 Å². The second-order valence-electron chi connectivity index (χ2n) is 4.08. The van der Waals surface area contributed by atoms with Crippen LogP contribution < -0.4 is 4.74 Å². The summed E-state index contributed by atoms with van der Waals surface area (Å²) in [5.41, 5.74) is 2.20. The minimum Gasteiger partial charge on any atom is -0.494 e. The summed E-state index contributed by atoms with van der Waals surface area (Å²) in [5.74, 6) is 0.841. The maximum absolute atomic E-state index is 6.62. The van der Waals surface area contributed by atoms with Gasteiger partial charge in [0, 0.05) is 14.9 Å². The van der Waals surface area contributed by atoms with Gasteiger partial charge in [-0.2, -0.15) is 0 Å². The molecule has 1 aromatic heterocycles. The highest BCUT2D eigenvalue weighted by atomic mass is 79.9. The number of benzene rings is 1. The Bertz CT molecular complexity index is 563. The number of aryl methyl sites for hydroxylation is 1. The first kappa shape index (κ1) is 15.4. The molecule has 0 radical (unpaired) electrons. The minimum atomic E-state index is -0.200. The van der Waals surface area contributed by atoms with Gasteiger partial charge in [-0.25, -0.2) is 0 Å². The molecule has 1 unspecified atom stereocenters. The predicted molar refractivity (Wildman–Crippen MR) is 89.8 cm³/mol. The van der Waals surface area contributed by atoms with E-state index in [9.17, 15) is 0 Å². The van der Waals surface area contributed by atoms with Crippen LogP contribution >= 0.6 is 54.8 Å². The second kappa shape index (κ2) is 6.61. The Morgan fingerprint density at radius 1 is 1.32 bits per heavy atom. The summed E-state index contributed by atoms with van der Waals surface area (Å²) in [6.07, 6.45) is 0. The number of thiophene rings is 1. The summed E-state index contributed by atoms with van der Waals surface area (Å²) in [6.45, 7) is 4.67. The van der Waals surface area contributed by atoms with Gasteiger partial charge in [0.25, 0.3) is 0 Å². The highest BCUT2D eigenvalue weighted by molar-refractivity contribution is 9.11. The summed E-state index contributed by atoms with van der Waals surface area (Å²) in [6, 6.07) is 8.05. The quantitative estimate of drug-likeness (QED) is 0.523. The predicted octanol–water partition coefficient (Wildman–Crippen LogP) is 6.31. The van der Waals surface area contributed by atoms with E-state index >= 15 is 0 Å². The van der Waals surface area contributed by atoms with E-state index < -0.39 is 0 Å². The third-order valence-corrected chi connectivity index (χ3v) is 5.97. The maximum atomic E-state index is 6.62. The number of hydrogen-bond acceptors (Lipinski definition) is 2. The van der Waals surface area contributed by atoms with Crippen LogP contribution in [0.25, 0.3) is 0 Å². The van der Waals surface area contributed by atoms with Crippen molar-refractivity contribution >= 4 is 54.8 Å². The highest BCUT2D eigenvalue weighted by Gasteiger charge is 2.19. The lowest BCUT2D eigenvalue weighted by atomic mass is 10.1. The molecule has 0 bridgehead atoms. The first-order valence-electron chi connectivity index (χ1n) is 5.85. The molecule has 0 fully saturated rings. The van der Waals surface area contributed by atoms with Crippen molar-refractivity contribution in [2.24, 2.45) is 0 Å². The van der Waals surface area contributed by atoms with Gasteiger partial charge in [0.15, 0.2) is 0 Å². The van der Waals surface area contributed by atoms with Gasteiger partial charge in [0.05, 0.1) is 15.8 Å². The van der Waals surface area contributed by atoms with Crippen LogP contribution in [-0.4, -0.2) is 6.61 Å². The van der Waals surface area contributed by atoms with Crippen LogP contribution in [0.2, 0.25) is 0 Å². The molecule has 0 aliphatic heterocycles. The molecular weight excluding hydrogens is 411 g/mol. The summed E-state index contributed by atoms with van der Waals surface area (Å²) in [7, 11) is 0. The van der Waals surface area contributed by atoms with Crippen molar-refractivity contribution in [2.75, 3.05) is 6.61 Å². The Balaban J connectivity index is 2.41. The number of hydrogen-bond donors (Lipinski definition) is 0. The van der Waals surface area contributed by atoms with E-state index in [2.05, 4.69) is 44.8 Å². The van der Waals surface area contributed by atoms with Gasteiger partial charge in [0.1, 0.15) is 5.75 Å². The largest absolute Gasteiger partial charge is 0.494 e.